The third-order valence-corrected chi connectivity index (χ3v) is 7.64. The fraction of sp³-hybridized carbons (Fsp3) is 0.759. The van der Waals surface area contributed by atoms with Crippen LogP contribution in [0.5, 0.6) is 0 Å². The highest BCUT2D eigenvalue weighted by Gasteiger charge is 2.45. The number of carbonyl (C=O) groups is 3. The zero-order chi connectivity index (χ0) is 38.1. The number of aliphatic hydroxyl groups excluding tert-OH is 8. The molecule has 50 heavy (non-hydrogen) atoms. The van der Waals surface area contributed by atoms with E-state index in [9.17, 15) is 50.1 Å². The van der Waals surface area contributed by atoms with E-state index in [-0.39, 0.29) is 35.8 Å². The van der Waals surface area contributed by atoms with Gasteiger partial charge in [0.25, 0.3) is 0 Å². The van der Waals surface area contributed by atoms with Crippen molar-refractivity contribution in [3.63, 3.8) is 0 Å². The molecule has 2 aliphatic heterocycles. The van der Waals surface area contributed by atoms with Gasteiger partial charge in [0, 0.05) is 24.9 Å². The number of amides is 1. The number of ether oxygens (including phenoxy) is 3. The summed E-state index contributed by atoms with van der Waals surface area (Å²) in [6, 6.07) is -0.646. The Bertz CT molecular complexity index is 1300. The number of hydrogen-bond acceptors (Lipinski definition) is 17. The van der Waals surface area contributed by atoms with Crippen LogP contribution in [0.4, 0.5) is 0 Å². The van der Waals surface area contributed by atoms with Gasteiger partial charge in [-0.3, -0.25) is 19.1 Å². The summed E-state index contributed by atoms with van der Waals surface area (Å²) in [4.78, 5) is 36.0. The van der Waals surface area contributed by atoms with Crippen LogP contribution < -0.4 is 5.32 Å². The molecular weight excluding hydrogens is 670 g/mol. The van der Waals surface area contributed by atoms with Crippen LogP contribution in [0, 0.1) is 18.3 Å². The Labute approximate surface area is 287 Å². The molecule has 1 aromatic rings. The second-order valence-corrected chi connectivity index (χ2v) is 11.4. The maximum atomic E-state index is 11.5. The third kappa shape index (κ3) is 13.2. The summed E-state index contributed by atoms with van der Waals surface area (Å²) in [5.41, 5.74) is 8.13. The van der Waals surface area contributed by atoms with Gasteiger partial charge in [0.05, 0.1) is 38.5 Å². The SMILES string of the molecule is C#C[C@@H]1OC(CO)[C@H](O)[C@H](O)C1O.CC(=O)N[C@@H](CCn1cc([C@@H]2OC(CO)[C@H](O)[C@H](O)C2O)nn1)C(C)=O.COC(=O)[C@@H](C)CCN=[N+]=[N-]. The number of methoxy groups -OCH3 is 1. The molecule has 0 spiro atoms. The van der Waals surface area contributed by atoms with E-state index in [0.717, 1.165) is 0 Å². The molecule has 12 atom stereocenters. The van der Waals surface area contributed by atoms with Gasteiger partial charge in [-0.2, -0.15) is 0 Å². The largest absolute Gasteiger partial charge is 0.469 e. The topological polar surface area (TPSA) is 332 Å². The van der Waals surface area contributed by atoms with Gasteiger partial charge in [0.1, 0.15) is 66.7 Å². The van der Waals surface area contributed by atoms with E-state index >= 15 is 0 Å². The number of ketones is 1. The van der Waals surface area contributed by atoms with Gasteiger partial charge < -0.3 is 60.4 Å². The lowest BCUT2D eigenvalue weighted by Gasteiger charge is -2.39. The van der Waals surface area contributed by atoms with Crippen LogP contribution in [0.1, 0.15) is 45.4 Å². The molecule has 2 aliphatic rings. The van der Waals surface area contributed by atoms with Crippen LogP contribution in [0.25, 0.3) is 10.4 Å². The number of aryl methyl sites for hydroxylation is 1. The number of nitrogens with one attached hydrogen (secondary N) is 1. The van der Waals surface area contributed by atoms with E-state index in [0.29, 0.717) is 19.4 Å². The number of aliphatic hydroxyl groups is 8. The molecule has 0 saturated carbocycles. The van der Waals surface area contributed by atoms with Crippen LogP contribution in [0.15, 0.2) is 11.3 Å². The highest BCUT2D eigenvalue weighted by atomic mass is 16.6. The molecular formula is C29H47N7O14. The van der Waals surface area contributed by atoms with Gasteiger partial charge in [-0.25, -0.2) is 0 Å². The standard InChI is InChI=1S/C15H24N4O7.C8H12O5.C6H11N3O2/c1-7(21)9(16-8(2)22)3-4-19-5-10(17-18-19)15-14(25)13(24)12(23)11(6-20)26-15;1-2-4-6(10)8(12)7(11)5(3-9)13-4;1-5(6(10)11-2)3-4-8-9-7/h5,9,11-15,20,23-25H,3-4,6H2,1-2H3,(H,16,22);1,4-12H,3H2;5H,3-4H2,1-2H3/t9-,11?,12-,13-,14?,15-;4-,5?,6?,7-,8+;5-/m000/s1. The lowest BCUT2D eigenvalue weighted by Crippen LogP contribution is -2.58. The molecule has 21 heteroatoms. The Kier molecular flexibility index (Phi) is 19.6. The predicted molar refractivity (Wildman–Crippen MR) is 168 cm³/mol. The fourth-order valence-electron chi connectivity index (χ4n) is 4.64. The van der Waals surface area contributed by atoms with E-state index in [1.54, 1.807) is 6.92 Å². The van der Waals surface area contributed by atoms with E-state index in [4.69, 9.17) is 26.5 Å². The predicted octanol–water partition coefficient (Wildman–Crippen LogP) is -3.77. The van der Waals surface area contributed by atoms with Crippen molar-refractivity contribution in [3.8, 4) is 12.3 Å². The quantitative estimate of drug-likeness (QED) is 0.0329. The Balaban J connectivity index is 0.000000433. The van der Waals surface area contributed by atoms with Crippen molar-refractivity contribution >= 4 is 17.7 Å². The number of Topliss-reactive ketones (excluding diaryl/α,β-unsaturated/α-hetero) is 1. The first-order valence-electron chi connectivity index (χ1n) is 15.4. The Morgan fingerprint density at radius 3 is 2.10 bits per heavy atom. The zero-order valence-corrected chi connectivity index (χ0v) is 28.0. The number of nitrogens with zero attached hydrogens (tertiary/aromatic N) is 6. The maximum absolute atomic E-state index is 11.5. The maximum Gasteiger partial charge on any atom is 0.308 e. The van der Waals surface area contributed by atoms with Crippen LogP contribution in [-0.4, -0.2) is 161 Å². The normalized spacial score (nSPS) is 30.0. The Morgan fingerprint density at radius 1 is 1.02 bits per heavy atom. The third-order valence-electron chi connectivity index (χ3n) is 7.64. The second kappa shape index (κ2) is 22.1. The summed E-state index contributed by atoms with van der Waals surface area (Å²) >= 11 is 0. The van der Waals surface area contributed by atoms with Crippen LogP contribution in [0.2, 0.25) is 0 Å². The Morgan fingerprint density at radius 2 is 1.60 bits per heavy atom. The van der Waals surface area contributed by atoms with Crippen LogP contribution >= 0.6 is 0 Å². The molecule has 9 N–H and O–H groups in total. The van der Waals surface area contributed by atoms with Crippen molar-refractivity contribution in [1.82, 2.24) is 20.3 Å². The monoisotopic (exact) mass is 717 g/mol. The van der Waals surface area contributed by atoms with Gasteiger partial charge in [-0.1, -0.05) is 23.2 Å². The number of terminal acetylenes is 1. The van der Waals surface area contributed by atoms with Crippen molar-refractivity contribution < 1.29 is 69.4 Å². The molecule has 2 fully saturated rings. The molecule has 3 rings (SSSR count). The van der Waals surface area contributed by atoms with Crippen molar-refractivity contribution in [2.45, 2.75) is 107 Å². The molecule has 282 valence electrons. The molecule has 0 aliphatic carbocycles. The van der Waals surface area contributed by atoms with E-state index in [2.05, 4.69) is 36.3 Å². The second-order valence-electron chi connectivity index (χ2n) is 11.4. The smallest absolute Gasteiger partial charge is 0.308 e. The van der Waals surface area contributed by atoms with Crippen LogP contribution in [0.3, 0.4) is 0 Å². The van der Waals surface area contributed by atoms with Gasteiger partial charge in [0.2, 0.25) is 5.91 Å². The van der Waals surface area contributed by atoms with Gasteiger partial charge in [-0.05, 0) is 25.3 Å². The number of aromatic nitrogens is 3. The molecule has 1 aromatic heterocycles. The summed E-state index contributed by atoms with van der Waals surface area (Å²) in [5, 5.41) is 89.1. The fourth-order valence-corrected chi connectivity index (χ4v) is 4.64. The average molecular weight is 718 g/mol. The van der Waals surface area contributed by atoms with Crippen LogP contribution in [-0.2, 0) is 35.1 Å². The number of rotatable bonds is 12. The summed E-state index contributed by atoms with van der Waals surface area (Å²) in [7, 11) is 1.34. The van der Waals surface area contributed by atoms with Gasteiger partial charge >= 0.3 is 5.97 Å². The van der Waals surface area contributed by atoms with E-state index < -0.39 is 80.3 Å². The van der Waals surface area contributed by atoms with Crippen molar-refractivity contribution in [1.29, 1.82) is 0 Å². The van der Waals surface area contributed by atoms with E-state index in [1.807, 2.05) is 0 Å². The highest BCUT2D eigenvalue weighted by molar-refractivity contribution is 5.86. The minimum atomic E-state index is -1.50. The lowest BCUT2D eigenvalue weighted by atomic mass is 9.94. The van der Waals surface area contributed by atoms with Gasteiger partial charge in [0.15, 0.2) is 5.78 Å². The number of azide groups is 1. The number of carbonyl (C=O) groups excluding carboxylic acids is 3. The minimum Gasteiger partial charge on any atom is -0.469 e. The molecule has 1 amide bonds. The average Bonchev–Trinajstić information content (AvgIpc) is 3.57. The number of esters is 1. The number of hydrogen-bond donors (Lipinski definition) is 9. The first-order chi connectivity index (χ1) is 23.6. The van der Waals surface area contributed by atoms with E-state index in [1.165, 1.54) is 31.8 Å². The molecule has 4 unspecified atom stereocenters. The minimum absolute atomic E-state index is 0.186. The summed E-state index contributed by atoms with van der Waals surface area (Å²) in [6.07, 6.45) is -5.14. The first kappa shape index (κ1) is 44.2. The summed E-state index contributed by atoms with van der Waals surface area (Å²) in [5.74, 6) is 1.16. The molecule has 0 bridgehead atoms. The molecule has 21 nitrogen and oxygen atoms in total. The molecule has 2 saturated heterocycles. The lowest BCUT2D eigenvalue weighted by molar-refractivity contribution is -0.232. The van der Waals surface area contributed by atoms with Crippen molar-refractivity contribution in [2.75, 3.05) is 26.9 Å². The summed E-state index contributed by atoms with van der Waals surface area (Å²) in [6.45, 7) is 4.06. The van der Waals surface area contributed by atoms with Crippen molar-refractivity contribution in [3.05, 3.63) is 22.3 Å². The van der Waals surface area contributed by atoms with Crippen molar-refractivity contribution in [2.24, 2.45) is 11.0 Å². The van der Waals surface area contributed by atoms with Gasteiger partial charge in [-0.15, -0.1) is 11.5 Å². The zero-order valence-electron chi connectivity index (χ0n) is 28.0. The summed E-state index contributed by atoms with van der Waals surface area (Å²) < 4.78 is 16.2. The molecule has 3 heterocycles. The molecule has 0 aromatic carbocycles. The highest BCUT2D eigenvalue weighted by Crippen LogP contribution is 2.31. The first-order valence-corrected chi connectivity index (χ1v) is 15.4. The molecule has 0 radical (unpaired) electrons. The Hall–Kier alpha value is -3.78.